The summed E-state index contributed by atoms with van der Waals surface area (Å²) in [5, 5.41) is 6.30. The molecule has 2 amide bonds. The van der Waals surface area contributed by atoms with Gasteiger partial charge in [0.1, 0.15) is 5.75 Å². The molecule has 2 N–H and O–H groups in total. The molecule has 0 aliphatic heterocycles. The molecule has 0 aromatic heterocycles. The van der Waals surface area contributed by atoms with Crippen molar-refractivity contribution in [2.45, 2.75) is 13.3 Å². The second-order valence-electron chi connectivity index (χ2n) is 4.72. The second kappa shape index (κ2) is 8.29. The topological polar surface area (TPSA) is 50.4 Å². The van der Waals surface area contributed by atoms with E-state index in [9.17, 15) is 4.79 Å². The van der Waals surface area contributed by atoms with Gasteiger partial charge in [0.2, 0.25) is 0 Å². The summed E-state index contributed by atoms with van der Waals surface area (Å²) in [6, 6.07) is 14.6. The summed E-state index contributed by atoms with van der Waals surface area (Å²) in [5.41, 5.74) is 1.82. The maximum Gasteiger partial charge on any atom is 0.319 e. The van der Waals surface area contributed by atoms with Crippen molar-refractivity contribution in [1.82, 2.24) is 5.32 Å². The van der Waals surface area contributed by atoms with Crippen molar-refractivity contribution in [3.05, 3.63) is 59.1 Å². The van der Waals surface area contributed by atoms with E-state index in [0.29, 0.717) is 18.2 Å². The summed E-state index contributed by atoms with van der Waals surface area (Å²) in [4.78, 5) is 11.8. The van der Waals surface area contributed by atoms with Crippen molar-refractivity contribution in [2.75, 3.05) is 18.5 Å². The fourth-order valence-corrected chi connectivity index (χ4v) is 2.20. The molecule has 0 aliphatic carbocycles. The molecule has 22 heavy (non-hydrogen) atoms. The van der Waals surface area contributed by atoms with Crippen molar-refractivity contribution in [2.24, 2.45) is 0 Å². The van der Waals surface area contributed by atoms with Gasteiger partial charge in [-0.3, -0.25) is 0 Å². The minimum Gasteiger partial charge on any atom is -0.494 e. The van der Waals surface area contributed by atoms with E-state index in [2.05, 4.69) is 10.6 Å². The van der Waals surface area contributed by atoms with Crippen molar-refractivity contribution in [3.63, 3.8) is 0 Å². The van der Waals surface area contributed by atoms with Gasteiger partial charge in [-0.25, -0.2) is 4.79 Å². The molecule has 0 bridgehead atoms. The van der Waals surface area contributed by atoms with Crippen molar-refractivity contribution in [1.29, 1.82) is 0 Å². The molecular formula is C17H19ClN2O2. The van der Waals surface area contributed by atoms with Crippen LogP contribution in [0.25, 0.3) is 0 Å². The van der Waals surface area contributed by atoms with E-state index in [0.717, 1.165) is 23.4 Å². The van der Waals surface area contributed by atoms with Gasteiger partial charge in [0.15, 0.2) is 0 Å². The lowest BCUT2D eigenvalue weighted by Crippen LogP contribution is -2.30. The van der Waals surface area contributed by atoms with Crippen molar-refractivity contribution < 1.29 is 9.53 Å². The number of ether oxygens (including phenoxy) is 1. The fourth-order valence-electron chi connectivity index (χ4n) is 1.99. The largest absolute Gasteiger partial charge is 0.494 e. The van der Waals surface area contributed by atoms with E-state index in [1.165, 1.54) is 0 Å². The standard InChI is InChI=1S/C17H19ClN2O2/c1-2-22-16-8-6-15(7-9-16)20-17(21)19-11-10-13-4-3-5-14(18)12-13/h3-9,12H,2,10-11H2,1H3,(H2,19,20,21). The van der Waals surface area contributed by atoms with Crippen LogP contribution in [0.3, 0.4) is 0 Å². The van der Waals surface area contributed by atoms with Gasteiger partial charge < -0.3 is 15.4 Å². The number of urea groups is 1. The SMILES string of the molecule is CCOc1ccc(NC(=O)NCCc2cccc(Cl)c2)cc1. The molecule has 0 spiro atoms. The fraction of sp³-hybridized carbons (Fsp3) is 0.235. The van der Waals surface area contributed by atoms with Gasteiger partial charge in [0.05, 0.1) is 6.61 Å². The molecule has 0 unspecified atom stereocenters. The average molecular weight is 319 g/mol. The van der Waals surface area contributed by atoms with Crippen molar-refractivity contribution >= 4 is 23.3 Å². The predicted octanol–water partition coefficient (Wildman–Crippen LogP) is 4.10. The van der Waals surface area contributed by atoms with E-state index in [1.54, 1.807) is 0 Å². The van der Waals surface area contributed by atoms with Gasteiger partial charge in [-0.2, -0.15) is 0 Å². The number of rotatable bonds is 6. The van der Waals surface area contributed by atoms with Crippen LogP contribution in [-0.4, -0.2) is 19.2 Å². The Kier molecular flexibility index (Phi) is 6.10. The van der Waals surface area contributed by atoms with E-state index >= 15 is 0 Å². The molecule has 2 aromatic carbocycles. The third-order valence-electron chi connectivity index (χ3n) is 3.01. The van der Waals surface area contributed by atoms with E-state index < -0.39 is 0 Å². The van der Waals surface area contributed by atoms with Crippen LogP contribution in [0, 0.1) is 0 Å². The number of amides is 2. The predicted molar refractivity (Wildman–Crippen MR) is 89.8 cm³/mol. The first-order chi connectivity index (χ1) is 10.7. The molecule has 5 heteroatoms. The Morgan fingerprint density at radius 3 is 2.64 bits per heavy atom. The highest BCUT2D eigenvalue weighted by molar-refractivity contribution is 6.30. The summed E-state index contributed by atoms with van der Waals surface area (Å²) in [7, 11) is 0. The van der Waals surface area contributed by atoms with E-state index in [4.69, 9.17) is 16.3 Å². The zero-order valence-corrected chi connectivity index (χ0v) is 13.2. The van der Waals surface area contributed by atoms with Gasteiger partial charge in [0.25, 0.3) is 0 Å². The Morgan fingerprint density at radius 1 is 1.18 bits per heavy atom. The zero-order valence-electron chi connectivity index (χ0n) is 12.4. The minimum atomic E-state index is -0.230. The normalized spacial score (nSPS) is 10.1. The Balaban J connectivity index is 1.75. The smallest absolute Gasteiger partial charge is 0.319 e. The highest BCUT2D eigenvalue weighted by Gasteiger charge is 2.02. The van der Waals surface area contributed by atoms with Crippen LogP contribution in [0.2, 0.25) is 5.02 Å². The highest BCUT2D eigenvalue weighted by Crippen LogP contribution is 2.15. The Bertz CT molecular complexity index is 614. The van der Waals surface area contributed by atoms with Gasteiger partial charge in [-0.05, 0) is 55.3 Å². The maximum atomic E-state index is 11.8. The molecule has 0 radical (unpaired) electrons. The lowest BCUT2D eigenvalue weighted by molar-refractivity contribution is 0.252. The third kappa shape index (κ3) is 5.30. The number of anilines is 1. The number of halogens is 1. The average Bonchev–Trinajstić information content (AvgIpc) is 2.50. The van der Waals surface area contributed by atoms with Gasteiger partial charge in [-0.15, -0.1) is 0 Å². The second-order valence-corrected chi connectivity index (χ2v) is 5.15. The first-order valence-electron chi connectivity index (χ1n) is 7.19. The third-order valence-corrected chi connectivity index (χ3v) is 3.25. The molecule has 0 aliphatic rings. The van der Waals surface area contributed by atoms with Crippen LogP contribution in [0.5, 0.6) is 5.75 Å². The Hall–Kier alpha value is -2.20. The Morgan fingerprint density at radius 2 is 1.95 bits per heavy atom. The molecule has 0 fully saturated rings. The molecule has 2 rings (SSSR count). The molecule has 4 nitrogen and oxygen atoms in total. The number of nitrogens with one attached hydrogen (secondary N) is 2. The van der Waals surface area contributed by atoms with Gasteiger partial charge in [-0.1, -0.05) is 23.7 Å². The number of benzene rings is 2. The summed E-state index contributed by atoms with van der Waals surface area (Å²) in [6.07, 6.45) is 0.733. The van der Waals surface area contributed by atoms with Crippen molar-refractivity contribution in [3.8, 4) is 5.75 Å². The first-order valence-corrected chi connectivity index (χ1v) is 7.57. The molecule has 116 valence electrons. The highest BCUT2D eigenvalue weighted by atomic mass is 35.5. The van der Waals surface area contributed by atoms with Gasteiger partial charge in [0, 0.05) is 17.3 Å². The quantitative estimate of drug-likeness (QED) is 0.842. The lowest BCUT2D eigenvalue weighted by Gasteiger charge is -2.09. The van der Waals surface area contributed by atoms with Crippen LogP contribution in [0.1, 0.15) is 12.5 Å². The monoisotopic (exact) mass is 318 g/mol. The molecule has 0 saturated heterocycles. The number of carbonyl (C=O) groups excluding carboxylic acids is 1. The summed E-state index contributed by atoms with van der Waals surface area (Å²) >= 11 is 5.92. The summed E-state index contributed by atoms with van der Waals surface area (Å²) in [5.74, 6) is 0.786. The first kappa shape index (κ1) is 16.2. The minimum absolute atomic E-state index is 0.230. The van der Waals surface area contributed by atoms with Crippen LogP contribution in [0.4, 0.5) is 10.5 Å². The maximum absolute atomic E-state index is 11.8. The Labute approximate surface area is 135 Å². The molecule has 0 atom stereocenters. The molecule has 2 aromatic rings. The summed E-state index contributed by atoms with van der Waals surface area (Å²) in [6.45, 7) is 3.10. The number of hydrogen-bond donors (Lipinski definition) is 2. The summed E-state index contributed by atoms with van der Waals surface area (Å²) < 4.78 is 5.35. The molecule has 0 saturated carbocycles. The number of carbonyl (C=O) groups is 1. The van der Waals surface area contributed by atoms with E-state index in [-0.39, 0.29) is 6.03 Å². The zero-order chi connectivity index (χ0) is 15.8. The molecular weight excluding hydrogens is 300 g/mol. The van der Waals surface area contributed by atoms with Crippen LogP contribution in [-0.2, 0) is 6.42 Å². The van der Waals surface area contributed by atoms with Gasteiger partial charge >= 0.3 is 6.03 Å². The van der Waals surface area contributed by atoms with Crippen LogP contribution in [0.15, 0.2) is 48.5 Å². The van der Waals surface area contributed by atoms with E-state index in [1.807, 2.05) is 55.5 Å². The lowest BCUT2D eigenvalue weighted by atomic mass is 10.1. The molecule has 0 heterocycles. The number of hydrogen-bond acceptors (Lipinski definition) is 2. The van der Waals surface area contributed by atoms with Crippen LogP contribution < -0.4 is 15.4 Å². The van der Waals surface area contributed by atoms with Crippen LogP contribution >= 0.6 is 11.6 Å².